The molecule has 0 radical (unpaired) electrons. The molecule has 1 aliphatic rings. The first-order chi connectivity index (χ1) is 12.7. The largest absolute Gasteiger partial charge is 0.459 e. The molecule has 0 saturated carbocycles. The number of esters is 1. The van der Waals surface area contributed by atoms with Gasteiger partial charge in [0.25, 0.3) is 5.56 Å². The number of aromatic nitrogens is 1. The van der Waals surface area contributed by atoms with E-state index < -0.39 is 17.1 Å². The van der Waals surface area contributed by atoms with Crippen LogP contribution in [-0.4, -0.2) is 22.2 Å². The number of nitrogens with zero attached hydrogens (tertiary/aromatic N) is 1. The predicted molar refractivity (Wildman–Crippen MR) is 105 cm³/mol. The Bertz CT molecular complexity index is 927. The first-order valence-corrected chi connectivity index (χ1v) is 9.37. The Balaban J connectivity index is 2.08. The van der Waals surface area contributed by atoms with Crippen LogP contribution in [0.1, 0.15) is 38.8 Å². The SMILES string of the molecule is CC1Cc2ccccc2-c2c(cn(CC(=O)OC(C)(C)C)c(=O)c2Cl)CO1. The molecule has 6 heteroatoms. The van der Waals surface area contributed by atoms with Crippen LogP contribution < -0.4 is 5.56 Å². The van der Waals surface area contributed by atoms with Crippen molar-refractivity contribution in [3.05, 3.63) is 57.0 Å². The molecule has 0 bridgehead atoms. The number of hydrogen-bond acceptors (Lipinski definition) is 4. The first-order valence-electron chi connectivity index (χ1n) is 8.99. The lowest BCUT2D eigenvalue weighted by Gasteiger charge is -2.24. The summed E-state index contributed by atoms with van der Waals surface area (Å²) in [6, 6.07) is 7.88. The number of carbonyl (C=O) groups is 1. The molecule has 2 aromatic rings. The summed E-state index contributed by atoms with van der Waals surface area (Å²) < 4.78 is 12.5. The van der Waals surface area contributed by atoms with Gasteiger partial charge in [-0.25, -0.2) is 0 Å². The number of hydrogen-bond donors (Lipinski definition) is 0. The van der Waals surface area contributed by atoms with Crippen molar-refractivity contribution >= 4 is 17.6 Å². The van der Waals surface area contributed by atoms with Crippen LogP contribution in [0.2, 0.25) is 5.02 Å². The molecule has 1 atom stereocenters. The van der Waals surface area contributed by atoms with Crippen molar-refractivity contribution in [2.75, 3.05) is 0 Å². The van der Waals surface area contributed by atoms with Gasteiger partial charge in [0.15, 0.2) is 0 Å². The normalized spacial score (nSPS) is 16.7. The number of pyridine rings is 1. The molecule has 1 aliphatic heterocycles. The second kappa shape index (κ2) is 7.49. The predicted octanol–water partition coefficient (Wildman–Crippen LogP) is 3.97. The van der Waals surface area contributed by atoms with Gasteiger partial charge in [0, 0.05) is 17.3 Å². The summed E-state index contributed by atoms with van der Waals surface area (Å²) in [5.74, 6) is -0.485. The number of fused-ring (bicyclic) bond motifs is 3. The van der Waals surface area contributed by atoms with Gasteiger partial charge in [-0.2, -0.15) is 0 Å². The van der Waals surface area contributed by atoms with Gasteiger partial charge < -0.3 is 14.0 Å². The van der Waals surface area contributed by atoms with E-state index in [9.17, 15) is 9.59 Å². The summed E-state index contributed by atoms with van der Waals surface area (Å²) >= 11 is 6.48. The molecule has 1 unspecified atom stereocenters. The Morgan fingerprint density at radius 1 is 1.30 bits per heavy atom. The molecular weight excluding hydrogens is 366 g/mol. The summed E-state index contributed by atoms with van der Waals surface area (Å²) in [6.07, 6.45) is 2.43. The topological polar surface area (TPSA) is 57.5 Å². The lowest BCUT2D eigenvalue weighted by Crippen LogP contribution is -2.31. The molecule has 0 N–H and O–H groups in total. The van der Waals surface area contributed by atoms with Crippen LogP contribution in [-0.2, 0) is 33.8 Å². The summed E-state index contributed by atoms with van der Waals surface area (Å²) in [5.41, 5.74) is 2.45. The van der Waals surface area contributed by atoms with E-state index in [0.29, 0.717) is 12.2 Å². The fraction of sp³-hybridized carbons (Fsp3) is 0.429. The molecule has 0 saturated heterocycles. The maximum absolute atomic E-state index is 12.8. The fourth-order valence-corrected chi connectivity index (χ4v) is 3.59. The van der Waals surface area contributed by atoms with E-state index in [4.69, 9.17) is 21.1 Å². The van der Waals surface area contributed by atoms with E-state index in [1.165, 1.54) is 4.57 Å². The minimum Gasteiger partial charge on any atom is -0.459 e. The molecule has 144 valence electrons. The van der Waals surface area contributed by atoms with Crippen LogP contribution in [0.15, 0.2) is 35.3 Å². The summed E-state index contributed by atoms with van der Waals surface area (Å²) in [4.78, 5) is 25.0. The van der Waals surface area contributed by atoms with Crippen molar-refractivity contribution in [3.63, 3.8) is 0 Å². The molecule has 5 nitrogen and oxygen atoms in total. The third-order valence-corrected chi connectivity index (χ3v) is 4.69. The van der Waals surface area contributed by atoms with E-state index >= 15 is 0 Å². The molecule has 27 heavy (non-hydrogen) atoms. The zero-order valence-corrected chi connectivity index (χ0v) is 16.8. The van der Waals surface area contributed by atoms with Gasteiger partial charge >= 0.3 is 5.97 Å². The third kappa shape index (κ3) is 4.42. The monoisotopic (exact) mass is 389 g/mol. The Kier molecular flexibility index (Phi) is 5.45. The van der Waals surface area contributed by atoms with Crippen molar-refractivity contribution in [1.82, 2.24) is 4.57 Å². The molecule has 1 aromatic carbocycles. The quantitative estimate of drug-likeness (QED) is 0.729. The second-order valence-electron chi connectivity index (χ2n) is 7.85. The molecule has 0 amide bonds. The van der Waals surface area contributed by atoms with Crippen molar-refractivity contribution in [3.8, 4) is 11.1 Å². The molecule has 3 rings (SSSR count). The van der Waals surface area contributed by atoms with Crippen molar-refractivity contribution in [1.29, 1.82) is 0 Å². The van der Waals surface area contributed by atoms with Gasteiger partial charge in [0.05, 0.1) is 12.7 Å². The molecule has 0 fully saturated rings. The van der Waals surface area contributed by atoms with E-state index in [2.05, 4.69) is 0 Å². The summed E-state index contributed by atoms with van der Waals surface area (Å²) in [5, 5.41) is 0.0988. The Morgan fingerprint density at radius 2 is 2.00 bits per heavy atom. The number of benzene rings is 1. The van der Waals surface area contributed by atoms with Crippen LogP contribution in [0.25, 0.3) is 11.1 Å². The number of halogens is 1. The Morgan fingerprint density at radius 3 is 2.70 bits per heavy atom. The minimum atomic E-state index is -0.619. The van der Waals surface area contributed by atoms with Crippen molar-refractivity contribution in [2.24, 2.45) is 0 Å². The molecule has 1 aromatic heterocycles. The van der Waals surface area contributed by atoms with Crippen molar-refractivity contribution in [2.45, 2.75) is 59.0 Å². The lowest BCUT2D eigenvalue weighted by molar-refractivity contribution is -0.155. The van der Waals surface area contributed by atoms with Gasteiger partial charge in [-0.3, -0.25) is 9.59 Å². The zero-order chi connectivity index (χ0) is 19.8. The number of carbonyl (C=O) groups excluding carboxylic acids is 1. The zero-order valence-electron chi connectivity index (χ0n) is 16.0. The van der Waals surface area contributed by atoms with Crippen LogP contribution >= 0.6 is 11.6 Å². The van der Waals surface area contributed by atoms with Gasteiger partial charge in [0.1, 0.15) is 17.2 Å². The van der Waals surface area contributed by atoms with Gasteiger partial charge in [0.2, 0.25) is 0 Å². The van der Waals surface area contributed by atoms with Crippen LogP contribution in [0.3, 0.4) is 0 Å². The van der Waals surface area contributed by atoms with E-state index in [-0.39, 0.29) is 17.7 Å². The highest BCUT2D eigenvalue weighted by Gasteiger charge is 2.24. The maximum Gasteiger partial charge on any atom is 0.326 e. The van der Waals surface area contributed by atoms with Crippen LogP contribution in [0.4, 0.5) is 0 Å². The van der Waals surface area contributed by atoms with Gasteiger partial charge in [-0.15, -0.1) is 0 Å². The average molecular weight is 390 g/mol. The van der Waals surface area contributed by atoms with Crippen LogP contribution in [0, 0.1) is 0 Å². The first kappa shape index (κ1) is 19.6. The Labute approximate surface area is 163 Å². The molecular formula is C21H24ClNO4. The van der Waals surface area contributed by atoms with E-state index in [1.807, 2.05) is 31.2 Å². The summed E-state index contributed by atoms with van der Waals surface area (Å²) in [7, 11) is 0. The molecule has 0 aliphatic carbocycles. The fourth-order valence-electron chi connectivity index (χ4n) is 3.26. The number of rotatable bonds is 2. The number of ether oxygens (including phenoxy) is 2. The highest BCUT2D eigenvalue weighted by Crippen LogP contribution is 2.35. The van der Waals surface area contributed by atoms with E-state index in [0.717, 1.165) is 23.1 Å². The lowest BCUT2D eigenvalue weighted by atomic mass is 9.93. The van der Waals surface area contributed by atoms with Gasteiger partial charge in [-0.1, -0.05) is 35.9 Å². The molecule has 0 spiro atoms. The summed E-state index contributed by atoms with van der Waals surface area (Å²) in [6.45, 7) is 7.49. The highest BCUT2D eigenvalue weighted by atomic mass is 35.5. The van der Waals surface area contributed by atoms with Crippen LogP contribution in [0.5, 0.6) is 0 Å². The van der Waals surface area contributed by atoms with Crippen molar-refractivity contribution < 1.29 is 14.3 Å². The highest BCUT2D eigenvalue weighted by molar-refractivity contribution is 6.33. The van der Waals surface area contributed by atoms with Gasteiger partial charge in [-0.05, 0) is 45.2 Å². The van der Waals surface area contributed by atoms with E-state index in [1.54, 1.807) is 27.0 Å². The third-order valence-electron chi connectivity index (χ3n) is 4.34. The Hall–Kier alpha value is -2.11. The standard InChI is InChI=1S/C21H24ClNO4/c1-13-9-14-7-5-6-8-16(14)18-15(12-26-13)10-23(20(25)19(18)22)11-17(24)27-21(2,3)4/h5-8,10,13H,9,11-12H2,1-4H3. The maximum atomic E-state index is 12.8. The minimum absolute atomic E-state index is 0.0318. The average Bonchev–Trinajstić information content (AvgIpc) is 2.55. The molecule has 2 heterocycles. The second-order valence-corrected chi connectivity index (χ2v) is 8.22. The smallest absolute Gasteiger partial charge is 0.326 e.